The standard InChI is InChI=1S/C20H25N3O5S/c1-4-27-19-10-14-9-12(2)28-18(14)11-17(19)22-13(3)20(24)23-15-5-7-16(8-6-15)29(21,25)26/h5-8,10-13,22H,4,9H2,1-3H3,(H,23,24)(H2,21,25,26)/t12-,13+/m1/s1. The van der Waals surface area contributed by atoms with E-state index in [9.17, 15) is 13.2 Å². The third-order valence-electron chi connectivity index (χ3n) is 4.51. The van der Waals surface area contributed by atoms with Crippen molar-refractivity contribution < 1.29 is 22.7 Å². The van der Waals surface area contributed by atoms with Crippen LogP contribution in [0.1, 0.15) is 26.3 Å². The zero-order valence-corrected chi connectivity index (χ0v) is 17.4. The SMILES string of the molecule is CCOc1cc2c(cc1N[C@@H](C)C(=O)Nc1ccc(S(N)(=O)=O)cc1)O[C@H](C)C2. The van der Waals surface area contributed by atoms with Crippen molar-refractivity contribution in [2.45, 2.75) is 44.2 Å². The van der Waals surface area contributed by atoms with E-state index in [2.05, 4.69) is 10.6 Å². The number of hydrogen-bond donors (Lipinski definition) is 3. The van der Waals surface area contributed by atoms with Crippen molar-refractivity contribution in [3.63, 3.8) is 0 Å². The number of sulfonamides is 1. The molecule has 8 nitrogen and oxygen atoms in total. The van der Waals surface area contributed by atoms with Crippen molar-refractivity contribution in [3.05, 3.63) is 42.0 Å². The van der Waals surface area contributed by atoms with Crippen molar-refractivity contribution in [1.82, 2.24) is 0 Å². The molecule has 2 aromatic carbocycles. The highest BCUT2D eigenvalue weighted by molar-refractivity contribution is 7.89. The van der Waals surface area contributed by atoms with Crippen LogP contribution in [0, 0.1) is 0 Å². The van der Waals surface area contributed by atoms with Gasteiger partial charge in [0.15, 0.2) is 0 Å². The average Bonchev–Trinajstić information content (AvgIpc) is 3.00. The lowest BCUT2D eigenvalue weighted by Crippen LogP contribution is -2.32. The Kier molecular flexibility index (Phi) is 5.99. The second-order valence-electron chi connectivity index (χ2n) is 6.95. The smallest absolute Gasteiger partial charge is 0.246 e. The van der Waals surface area contributed by atoms with Gasteiger partial charge in [0.2, 0.25) is 15.9 Å². The molecule has 0 saturated heterocycles. The number of nitrogens with two attached hydrogens (primary N) is 1. The summed E-state index contributed by atoms with van der Waals surface area (Å²) in [6, 6.07) is 8.88. The van der Waals surface area contributed by atoms with Crippen LogP contribution in [0.4, 0.5) is 11.4 Å². The molecular weight excluding hydrogens is 394 g/mol. The highest BCUT2D eigenvalue weighted by Gasteiger charge is 2.23. The maximum Gasteiger partial charge on any atom is 0.246 e. The van der Waals surface area contributed by atoms with E-state index in [-0.39, 0.29) is 16.9 Å². The van der Waals surface area contributed by atoms with Crippen LogP contribution in [0.3, 0.4) is 0 Å². The summed E-state index contributed by atoms with van der Waals surface area (Å²) in [6.07, 6.45) is 0.927. The fourth-order valence-corrected chi connectivity index (χ4v) is 3.62. The summed E-state index contributed by atoms with van der Waals surface area (Å²) in [5, 5.41) is 11.0. The van der Waals surface area contributed by atoms with Crippen LogP contribution in [0.2, 0.25) is 0 Å². The van der Waals surface area contributed by atoms with E-state index in [0.717, 1.165) is 17.7 Å². The lowest BCUT2D eigenvalue weighted by atomic mass is 10.1. The number of benzene rings is 2. The minimum Gasteiger partial charge on any atom is -0.492 e. The average molecular weight is 420 g/mol. The molecular formula is C20H25N3O5S. The van der Waals surface area contributed by atoms with E-state index >= 15 is 0 Å². The van der Waals surface area contributed by atoms with Crippen molar-refractivity contribution in [2.75, 3.05) is 17.2 Å². The van der Waals surface area contributed by atoms with Gasteiger partial charge in [-0.05, 0) is 51.1 Å². The maximum atomic E-state index is 12.6. The van der Waals surface area contributed by atoms with Crippen LogP contribution in [0.15, 0.2) is 41.3 Å². The normalized spacial score (nSPS) is 16.5. The molecule has 1 aliphatic heterocycles. The molecule has 0 bridgehead atoms. The number of primary sulfonamides is 1. The highest BCUT2D eigenvalue weighted by Crippen LogP contribution is 2.38. The summed E-state index contributed by atoms with van der Waals surface area (Å²) < 4.78 is 34.2. The number of fused-ring (bicyclic) bond motifs is 1. The lowest BCUT2D eigenvalue weighted by Gasteiger charge is -2.19. The van der Waals surface area contributed by atoms with Gasteiger partial charge in [0, 0.05) is 23.7 Å². The molecule has 0 aromatic heterocycles. The molecule has 0 radical (unpaired) electrons. The molecule has 9 heteroatoms. The molecule has 1 aliphatic rings. The first kappa shape index (κ1) is 20.9. The summed E-state index contributed by atoms with van der Waals surface area (Å²) in [5.74, 6) is 1.17. The van der Waals surface area contributed by atoms with Crippen molar-refractivity contribution in [1.29, 1.82) is 0 Å². The van der Waals surface area contributed by atoms with Crippen molar-refractivity contribution >= 4 is 27.3 Å². The molecule has 156 valence electrons. The lowest BCUT2D eigenvalue weighted by molar-refractivity contribution is -0.116. The monoisotopic (exact) mass is 419 g/mol. The zero-order valence-electron chi connectivity index (χ0n) is 16.6. The molecule has 1 heterocycles. The first-order valence-corrected chi connectivity index (χ1v) is 10.9. The molecule has 0 unspecified atom stereocenters. The Bertz CT molecular complexity index is 1010. The highest BCUT2D eigenvalue weighted by atomic mass is 32.2. The van der Waals surface area contributed by atoms with Gasteiger partial charge in [-0.3, -0.25) is 4.79 Å². The van der Waals surface area contributed by atoms with Gasteiger partial charge in [0.25, 0.3) is 0 Å². The van der Waals surface area contributed by atoms with Crippen LogP contribution in [-0.2, 0) is 21.2 Å². The summed E-state index contributed by atoms with van der Waals surface area (Å²) in [7, 11) is -3.78. The largest absolute Gasteiger partial charge is 0.492 e. The minimum absolute atomic E-state index is 0.0182. The third kappa shape index (κ3) is 4.99. The van der Waals surface area contributed by atoms with Crippen molar-refractivity contribution in [2.24, 2.45) is 5.14 Å². The summed E-state index contributed by atoms with van der Waals surface area (Å²) in [6.45, 7) is 6.13. The van der Waals surface area contributed by atoms with E-state index in [1.807, 2.05) is 26.0 Å². The molecule has 0 spiro atoms. The minimum atomic E-state index is -3.78. The number of carbonyl (C=O) groups excluding carboxylic acids is 1. The van der Waals surface area contributed by atoms with E-state index in [1.54, 1.807) is 6.92 Å². The number of carbonyl (C=O) groups is 1. The fraction of sp³-hybridized carbons (Fsp3) is 0.350. The van der Waals surface area contributed by atoms with Gasteiger partial charge in [-0.25, -0.2) is 13.6 Å². The van der Waals surface area contributed by atoms with Gasteiger partial charge in [-0.2, -0.15) is 0 Å². The van der Waals surface area contributed by atoms with E-state index in [0.29, 0.717) is 23.7 Å². The molecule has 29 heavy (non-hydrogen) atoms. The number of amides is 1. The predicted octanol–water partition coefficient (Wildman–Crippen LogP) is 2.50. The molecule has 0 saturated carbocycles. The van der Waals surface area contributed by atoms with E-state index in [4.69, 9.17) is 14.6 Å². The second kappa shape index (κ2) is 8.30. The molecule has 0 fully saturated rings. The van der Waals surface area contributed by atoms with Crippen LogP contribution in [-0.4, -0.2) is 33.1 Å². The predicted molar refractivity (Wildman–Crippen MR) is 111 cm³/mol. The van der Waals surface area contributed by atoms with Crippen molar-refractivity contribution in [3.8, 4) is 11.5 Å². The second-order valence-corrected chi connectivity index (χ2v) is 8.51. The van der Waals surface area contributed by atoms with Gasteiger partial charge in [-0.15, -0.1) is 0 Å². The van der Waals surface area contributed by atoms with Crippen LogP contribution in [0.5, 0.6) is 11.5 Å². The Balaban J connectivity index is 1.72. The molecule has 3 rings (SSSR count). The topological polar surface area (TPSA) is 120 Å². The quantitative estimate of drug-likeness (QED) is 0.634. The zero-order chi connectivity index (χ0) is 21.2. The Morgan fingerprint density at radius 2 is 2.00 bits per heavy atom. The van der Waals surface area contributed by atoms with Crippen LogP contribution in [0.25, 0.3) is 0 Å². The fourth-order valence-electron chi connectivity index (χ4n) is 3.10. The molecule has 2 aromatic rings. The maximum absolute atomic E-state index is 12.6. The van der Waals surface area contributed by atoms with Gasteiger partial charge >= 0.3 is 0 Å². The van der Waals surface area contributed by atoms with Gasteiger partial charge in [-0.1, -0.05) is 0 Å². The van der Waals surface area contributed by atoms with Crippen LogP contribution < -0.4 is 25.2 Å². The number of rotatable bonds is 7. The van der Waals surface area contributed by atoms with Gasteiger partial charge < -0.3 is 20.1 Å². The Hall–Kier alpha value is -2.78. The van der Waals surface area contributed by atoms with Crippen LogP contribution >= 0.6 is 0 Å². The third-order valence-corrected chi connectivity index (χ3v) is 5.44. The van der Waals surface area contributed by atoms with E-state index in [1.165, 1.54) is 24.3 Å². The number of hydrogen-bond acceptors (Lipinski definition) is 6. The molecule has 1 amide bonds. The van der Waals surface area contributed by atoms with E-state index < -0.39 is 16.1 Å². The number of nitrogens with one attached hydrogen (secondary N) is 2. The first-order valence-electron chi connectivity index (χ1n) is 9.34. The van der Waals surface area contributed by atoms with Gasteiger partial charge in [0.1, 0.15) is 23.6 Å². The molecule has 0 aliphatic carbocycles. The Morgan fingerprint density at radius 1 is 1.31 bits per heavy atom. The first-order chi connectivity index (χ1) is 13.7. The Labute approximate surface area is 170 Å². The summed E-state index contributed by atoms with van der Waals surface area (Å²) in [4.78, 5) is 12.5. The molecule has 4 N–H and O–H groups in total. The number of ether oxygens (including phenoxy) is 2. The van der Waals surface area contributed by atoms with Gasteiger partial charge in [0.05, 0.1) is 17.2 Å². The molecule has 2 atom stereocenters. The Morgan fingerprint density at radius 3 is 2.62 bits per heavy atom. The number of anilines is 2. The summed E-state index contributed by atoms with van der Waals surface area (Å²) in [5.41, 5.74) is 2.22. The summed E-state index contributed by atoms with van der Waals surface area (Å²) >= 11 is 0.